The molecular weight excluding hydrogens is 430 g/mol. The molecule has 1 N–H and O–H groups in total. The summed E-state index contributed by atoms with van der Waals surface area (Å²) in [5, 5.41) is 14.4. The van der Waals surface area contributed by atoms with Crippen LogP contribution in [0.2, 0.25) is 0 Å². The van der Waals surface area contributed by atoms with Crippen molar-refractivity contribution in [3.63, 3.8) is 0 Å². The van der Waals surface area contributed by atoms with Crippen molar-refractivity contribution in [1.29, 1.82) is 0 Å². The van der Waals surface area contributed by atoms with Gasteiger partial charge in [0, 0.05) is 18.5 Å². The summed E-state index contributed by atoms with van der Waals surface area (Å²) in [7, 11) is 1.38. The van der Waals surface area contributed by atoms with E-state index in [1.54, 1.807) is 4.90 Å². The van der Waals surface area contributed by atoms with Gasteiger partial charge in [-0.2, -0.15) is 5.21 Å². The summed E-state index contributed by atoms with van der Waals surface area (Å²) >= 11 is 0. The van der Waals surface area contributed by atoms with Gasteiger partial charge in [0.15, 0.2) is 0 Å². The number of benzene rings is 2. The lowest BCUT2D eigenvalue weighted by Gasteiger charge is -2.33. The molecule has 3 aromatic rings. The quantitative estimate of drug-likeness (QED) is 0.416. The van der Waals surface area contributed by atoms with Crippen LogP contribution in [-0.2, 0) is 20.9 Å². The highest BCUT2D eigenvalue weighted by Gasteiger charge is 2.34. The molecule has 180 valence electrons. The maximum absolute atomic E-state index is 13.1. The largest absolute Gasteiger partial charge is 0.467 e. The predicted molar refractivity (Wildman–Crippen MR) is 130 cm³/mol. The normalized spacial score (nSPS) is 12.7. The monoisotopic (exact) mass is 463 g/mol. The van der Waals surface area contributed by atoms with Crippen molar-refractivity contribution in [2.24, 2.45) is 5.92 Å². The molecule has 1 heterocycles. The first kappa shape index (κ1) is 25.1. The number of aromatic amines is 1. The Hall–Kier alpha value is -3.55. The second-order valence-corrected chi connectivity index (χ2v) is 8.46. The molecule has 2 atom stereocenters. The first-order valence-electron chi connectivity index (χ1n) is 11.8. The van der Waals surface area contributed by atoms with Gasteiger partial charge in [0.1, 0.15) is 6.04 Å². The number of nitrogens with one attached hydrogen (secondary N) is 1. The number of esters is 1. The van der Waals surface area contributed by atoms with E-state index >= 15 is 0 Å². The molecule has 0 aliphatic carbocycles. The van der Waals surface area contributed by atoms with Crippen molar-refractivity contribution >= 4 is 11.9 Å². The number of carbonyl (C=O) groups is 2. The van der Waals surface area contributed by atoms with Gasteiger partial charge >= 0.3 is 5.97 Å². The number of methoxy groups -OCH3 is 1. The molecule has 0 saturated carbocycles. The zero-order valence-corrected chi connectivity index (χ0v) is 20.3. The Kier molecular flexibility index (Phi) is 8.90. The molecule has 1 amide bonds. The van der Waals surface area contributed by atoms with E-state index in [4.69, 9.17) is 4.74 Å². The van der Waals surface area contributed by atoms with Crippen LogP contribution in [0.5, 0.6) is 0 Å². The minimum absolute atomic E-state index is 0.0147. The zero-order chi connectivity index (χ0) is 24.5. The highest BCUT2D eigenvalue weighted by Crippen LogP contribution is 2.30. The van der Waals surface area contributed by atoms with Crippen LogP contribution in [0.1, 0.15) is 52.0 Å². The number of amides is 1. The predicted octanol–water partition coefficient (Wildman–Crippen LogP) is 4.64. The summed E-state index contributed by atoms with van der Waals surface area (Å²) in [6, 6.07) is 15.3. The molecule has 1 aromatic heterocycles. The molecule has 0 radical (unpaired) electrons. The third-order valence-electron chi connectivity index (χ3n) is 6.16. The molecule has 2 aromatic carbocycles. The fraction of sp³-hybridized carbons (Fsp3) is 0.423. The Morgan fingerprint density at radius 2 is 1.76 bits per heavy atom. The van der Waals surface area contributed by atoms with Gasteiger partial charge in [-0.25, -0.2) is 4.79 Å². The van der Waals surface area contributed by atoms with Gasteiger partial charge in [-0.05, 0) is 34.2 Å². The number of aromatic nitrogens is 4. The Morgan fingerprint density at radius 3 is 2.35 bits per heavy atom. The summed E-state index contributed by atoms with van der Waals surface area (Å²) in [5.74, 6) is 0.120. The van der Waals surface area contributed by atoms with Crippen molar-refractivity contribution in [2.45, 2.75) is 59.0 Å². The number of unbranched alkanes of at least 4 members (excludes halogenated alkanes) is 1. The molecule has 0 aliphatic rings. The summed E-state index contributed by atoms with van der Waals surface area (Å²) in [5.41, 5.74) is 3.81. The molecular formula is C26H33N5O3. The maximum atomic E-state index is 13.1. The van der Waals surface area contributed by atoms with Gasteiger partial charge < -0.3 is 9.64 Å². The lowest BCUT2D eigenvalue weighted by Crippen LogP contribution is -2.48. The first-order chi connectivity index (χ1) is 16.5. The topological polar surface area (TPSA) is 101 Å². The van der Waals surface area contributed by atoms with Gasteiger partial charge in [0.25, 0.3) is 0 Å². The Bertz CT molecular complexity index is 1070. The summed E-state index contributed by atoms with van der Waals surface area (Å²) < 4.78 is 5.08. The molecule has 8 heteroatoms. The number of ether oxygens (including phenoxy) is 1. The first-order valence-corrected chi connectivity index (χ1v) is 11.8. The van der Waals surface area contributed by atoms with Crippen LogP contribution in [-0.4, -0.2) is 50.6 Å². The van der Waals surface area contributed by atoms with Crippen LogP contribution in [0.15, 0.2) is 48.5 Å². The van der Waals surface area contributed by atoms with E-state index in [0.717, 1.165) is 41.5 Å². The van der Waals surface area contributed by atoms with E-state index < -0.39 is 6.04 Å². The van der Waals surface area contributed by atoms with Gasteiger partial charge in [0.05, 0.1) is 7.11 Å². The molecule has 0 aliphatic heterocycles. The number of H-pyrrole nitrogens is 1. The summed E-state index contributed by atoms with van der Waals surface area (Å²) in [6.45, 7) is 6.40. The molecule has 0 spiro atoms. The van der Waals surface area contributed by atoms with Gasteiger partial charge in [0.2, 0.25) is 11.7 Å². The standard InChI is InChI=1S/C26H33N5O3/c1-5-7-12-23(32)31(24(18(3)6-2)26(33)34-4)17-19-13-15-20(16-14-19)21-10-8-9-11-22(21)25-27-29-30-28-25/h8-11,13-16,18,24H,5-7,12,17H2,1-4H3,(H,27,28,29,30)/t18-,24-/m0/s1. The van der Waals surface area contributed by atoms with E-state index in [1.807, 2.05) is 62.4 Å². The van der Waals surface area contributed by atoms with E-state index in [0.29, 0.717) is 18.8 Å². The van der Waals surface area contributed by atoms with Crippen molar-refractivity contribution in [1.82, 2.24) is 25.5 Å². The zero-order valence-electron chi connectivity index (χ0n) is 20.3. The highest BCUT2D eigenvalue weighted by atomic mass is 16.5. The van der Waals surface area contributed by atoms with E-state index in [2.05, 4.69) is 27.5 Å². The molecule has 0 bridgehead atoms. The third kappa shape index (κ3) is 5.87. The lowest BCUT2D eigenvalue weighted by molar-refractivity contribution is -0.156. The van der Waals surface area contributed by atoms with Crippen LogP contribution >= 0.6 is 0 Å². The minimum atomic E-state index is -0.613. The minimum Gasteiger partial charge on any atom is -0.467 e. The molecule has 0 saturated heterocycles. The fourth-order valence-electron chi connectivity index (χ4n) is 4.02. The van der Waals surface area contributed by atoms with Crippen molar-refractivity contribution in [3.8, 4) is 22.5 Å². The van der Waals surface area contributed by atoms with E-state index in [-0.39, 0.29) is 17.8 Å². The number of nitrogens with zero attached hydrogens (tertiary/aromatic N) is 4. The average molecular weight is 464 g/mol. The molecule has 0 fully saturated rings. The van der Waals surface area contributed by atoms with Gasteiger partial charge in [-0.3, -0.25) is 4.79 Å². The van der Waals surface area contributed by atoms with Crippen LogP contribution in [0.25, 0.3) is 22.5 Å². The van der Waals surface area contributed by atoms with Crippen molar-refractivity contribution in [2.75, 3.05) is 7.11 Å². The molecule has 34 heavy (non-hydrogen) atoms. The summed E-state index contributed by atoms with van der Waals surface area (Å²) in [4.78, 5) is 27.5. The van der Waals surface area contributed by atoms with E-state index in [1.165, 1.54) is 7.11 Å². The number of hydrogen-bond donors (Lipinski definition) is 1. The second kappa shape index (κ2) is 12.1. The number of tetrazole rings is 1. The second-order valence-electron chi connectivity index (χ2n) is 8.46. The van der Waals surface area contributed by atoms with Crippen LogP contribution in [0, 0.1) is 5.92 Å². The number of carbonyl (C=O) groups excluding carboxylic acids is 2. The van der Waals surface area contributed by atoms with Crippen molar-refractivity contribution in [3.05, 3.63) is 54.1 Å². The smallest absolute Gasteiger partial charge is 0.328 e. The average Bonchev–Trinajstić information content (AvgIpc) is 3.42. The van der Waals surface area contributed by atoms with Crippen LogP contribution in [0.4, 0.5) is 0 Å². The lowest BCUT2D eigenvalue weighted by atomic mass is 9.95. The fourth-order valence-corrected chi connectivity index (χ4v) is 4.02. The number of rotatable bonds is 11. The van der Waals surface area contributed by atoms with Gasteiger partial charge in [-0.1, -0.05) is 82.1 Å². The van der Waals surface area contributed by atoms with Crippen LogP contribution < -0.4 is 0 Å². The van der Waals surface area contributed by atoms with Crippen molar-refractivity contribution < 1.29 is 14.3 Å². The Balaban J connectivity index is 1.89. The molecule has 8 nitrogen and oxygen atoms in total. The molecule has 0 unspecified atom stereocenters. The van der Waals surface area contributed by atoms with Crippen LogP contribution in [0.3, 0.4) is 0 Å². The van der Waals surface area contributed by atoms with Gasteiger partial charge in [-0.15, -0.1) is 10.2 Å². The maximum Gasteiger partial charge on any atom is 0.328 e. The third-order valence-corrected chi connectivity index (χ3v) is 6.16. The Labute approximate surface area is 200 Å². The number of hydrogen-bond acceptors (Lipinski definition) is 6. The highest BCUT2D eigenvalue weighted by molar-refractivity contribution is 5.85. The molecule has 3 rings (SSSR count). The van der Waals surface area contributed by atoms with E-state index in [9.17, 15) is 9.59 Å². The SMILES string of the molecule is CCCCC(=O)N(Cc1ccc(-c2ccccc2-c2nn[nH]n2)cc1)[C@H](C(=O)OC)[C@@H](C)CC. The Morgan fingerprint density at radius 1 is 1.06 bits per heavy atom. The summed E-state index contributed by atoms with van der Waals surface area (Å²) in [6.07, 6.45) is 2.88.